The van der Waals surface area contributed by atoms with Gasteiger partial charge < -0.3 is 15.2 Å². The Balaban J connectivity index is 1.64. The number of nitrogens with one attached hydrogen (secondary N) is 2. The third-order valence-corrected chi connectivity index (χ3v) is 4.22. The smallest absolute Gasteiger partial charge is 0.238 e. The van der Waals surface area contributed by atoms with Gasteiger partial charge in [-0.2, -0.15) is 0 Å². The number of rotatable bonds is 6. The van der Waals surface area contributed by atoms with Gasteiger partial charge in [0, 0.05) is 14.0 Å². The van der Waals surface area contributed by atoms with Crippen LogP contribution in [0.4, 0.5) is 11.4 Å². The zero-order valence-corrected chi connectivity index (χ0v) is 15.7. The average Bonchev–Trinajstić information content (AvgIpc) is 2.92. The molecule has 0 spiro atoms. The molecule has 0 radical (unpaired) electrons. The number of amides is 2. The number of hydrogen-bond donors (Lipinski definition) is 2. The number of aromatic nitrogens is 2. The minimum atomic E-state index is -0.185. The van der Waals surface area contributed by atoms with Crippen molar-refractivity contribution in [3.8, 4) is 0 Å². The second-order valence-electron chi connectivity index (χ2n) is 6.52. The molecule has 0 aliphatic carbocycles. The van der Waals surface area contributed by atoms with Crippen molar-refractivity contribution in [2.75, 3.05) is 24.2 Å². The van der Waals surface area contributed by atoms with Gasteiger partial charge in [0.1, 0.15) is 5.82 Å². The number of aryl methyl sites for hydroxylation is 1. The van der Waals surface area contributed by atoms with Gasteiger partial charge in [-0.25, -0.2) is 4.98 Å². The summed E-state index contributed by atoms with van der Waals surface area (Å²) in [6.07, 6.45) is 0. The van der Waals surface area contributed by atoms with Gasteiger partial charge in [0.25, 0.3) is 0 Å². The van der Waals surface area contributed by atoms with Crippen molar-refractivity contribution < 1.29 is 9.59 Å². The summed E-state index contributed by atoms with van der Waals surface area (Å²) in [6.45, 7) is 2.19. The molecule has 0 fully saturated rings. The van der Waals surface area contributed by atoms with E-state index in [1.54, 1.807) is 18.2 Å². The Labute approximate surface area is 158 Å². The predicted octanol–water partition coefficient (Wildman–Crippen LogP) is 2.60. The Hall–Kier alpha value is -3.19. The molecule has 27 heavy (non-hydrogen) atoms. The summed E-state index contributed by atoms with van der Waals surface area (Å²) in [6, 6.07) is 15.1. The van der Waals surface area contributed by atoms with Crippen LogP contribution in [0.2, 0.25) is 0 Å². The van der Waals surface area contributed by atoms with Crippen molar-refractivity contribution in [3.05, 3.63) is 54.4 Å². The Morgan fingerprint density at radius 3 is 2.33 bits per heavy atom. The van der Waals surface area contributed by atoms with Gasteiger partial charge in [0.15, 0.2) is 0 Å². The summed E-state index contributed by atoms with van der Waals surface area (Å²) in [4.78, 5) is 30.2. The summed E-state index contributed by atoms with van der Waals surface area (Å²) < 4.78 is 2.04. The average molecular weight is 365 g/mol. The lowest BCUT2D eigenvalue weighted by Crippen LogP contribution is -2.31. The van der Waals surface area contributed by atoms with Crippen molar-refractivity contribution in [2.24, 2.45) is 7.05 Å². The highest BCUT2D eigenvalue weighted by atomic mass is 16.2. The summed E-state index contributed by atoms with van der Waals surface area (Å²) >= 11 is 0. The van der Waals surface area contributed by atoms with Crippen molar-refractivity contribution in [1.82, 2.24) is 14.5 Å². The number of anilines is 2. The fraction of sp³-hybridized carbons (Fsp3) is 0.250. The molecule has 3 rings (SSSR count). The third kappa shape index (κ3) is 4.51. The van der Waals surface area contributed by atoms with Crippen LogP contribution in [-0.2, 0) is 23.2 Å². The molecule has 0 saturated carbocycles. The molecule has 0 aliphatic rings. The van der Waals surface area contributed by atoms with E-state index in [4.69, 9.17) is 0 Å². The molecular weight excluding hydrogens is 342 g/mol. The number of fused-ring (bicyclic) bond motifs is 1. The van der Waals surface area contributed by atoms with Crippen LogP contribution in [0.15, 0.2) is 48.5 Å². The summed E-state index contributed by atoms with van der Waals surface area (Å²) in [5, 5.41) is 5.56. The fourth-order valence-corrected chi connectivity index (χ4v) is 2.96. The second-order valence-corrected chi connectivity index (χ2v) is 6.52. The first-order valence-corrected chi connectivity index (χ1v) is 8.69. The maximum atomic E-state index is 12.4. The van der Waals surface area contributed by atoms with Crippen LogP contribution in [-0.4, -0.2) is 39.9 Å². The zero-order valence-electron chi connectivity index (χ0n) is 15.7. The molecule has 2 amide bonds. The van der Waals surface area contributed by atoms with E-state index >= 15 is 0 Å². The lowest BCUT2D eigenvalue weighted by molar-refractivity contribution is -0.117. The topological polar surface area (TPSA) is 79.3 Å². The van der Waals surface area contributed by atoms with Gasteiger partial charge in [0.05, 0.1) is 35.5 Å². The second kappa shape index (κ2) is 8.01. The first-order chi connectivity index (χ1) is 12.9. The molecule has 2 N–H and O–H groups in total. The molecule has 0 saturated heterocycles. The standard InChI is InChI=1S/C20H23N5O2/c1-14(26)21-15-8-4-5-9-16(15)23-20(27)13-24(2)12-19-22-17-10-6-7-11-18(17)25(19)3/h4-11H,12-13H2,1-3H3,(H,21,26)(H,23,27). The largest absolute Gasteiger partial charge is 0.330 e. The molecule has 3 aromatic rings. The minimum absolute atomic E-state index is 0.158. The van der Waals surface area contributed by atoms with E-state index < -0.39 is 0 Å². The predicted molar refractivity (Wildman–Crippen MR) is 106 cm³/mol. The van der Waals surface area contributed by atoms with Crippen LogP contribution in [0.25, 0.3) is 11.0 Å². The quantitative estimate of drug-likeness (QED) is 0.704. The number of carbonyl (C=O) groups is 2. The number of nitrogens with zero attached hydrogens (tertiary/aromatic N) is 3. The van der Waals surface area contributed by atoms with Gasteiger partial charge in [-0.05, 0) is 31.3 Å². The van der Waals surface area contributed by atoms with Crippen LogP contribution in [0.1, 0.15) is 12.7 Å². The molecule has 7 heteroatoms. The number of para-hydroxylation sites is 4. The lowest BCUT2D eigenvalue weighted by Gasteiger charge is -2.17. The number of hydrogen-bond acceptors (Lipinski definition) is 4. The molecule has 7 nitrogen and oxygen atoms in total. The molecule has 1 aromatic heterocycles. The Bertz CT molecular complexity index is 979. The molecule has 1 heterocycles. The van der Waals surface area contributed by atoms with Crippen LogP contribution in [0.3, 0.4) is 0 Å². The number of imidazole rings is 1. The van der Waals surface area contributed by atoms with Crippen molar-refractivity contribution in [2.45, 2.75) is 13.5 Å². The number of carbonyl (C=O) groups excluding carboxylic acids is 2. The minimum Gasteiger partial charge on any atom is -0.330 e. The van der Waals surface area contributed by atoms with Crippen molar-refractivity contribution >= 4 is 34.2 Å². The molecule has 0 atom stereocenters. The maximum absolute atomic E-state index is 12.4. The van der Waals surface area contributed by atoms with Crippen LogP contribution in [0.5, 0.6) is 0 Å². The summed E-state index contributed by atoms with van der Waals surface area (Å²) in [5.74, 6) is 0.551. The molecule has 140 valence electrons. The van der Waals surface area contributed by atoms with Crippen LogP contribution < -0.4 is 10.6 Å². The molecular formula is C20H23N5O2. The zero-order chi connectivity index (χ0) is 19.4. The van der Waals surface area contributed by atoms with Gasteiger partial charge >= 0.3 is 0 Å². The molecule has 0 unspecified atom stereocenters. The highest BCUT2D eigenvalue weighted by molar-refractivity contribution is 5.99. The van der Waals surface area contributed by atoms with Crippen molar-refractivity contribution in [1.29, 1.82) is 0 Å². The SMILES string of the molecule is CC(=O)Nc1ccccc1NC(=O)CN(C)Cc1nc2ccccc2n1C. The van der Waals surface area contributed by atoms with E-state index in [-0.39, 0.29) is 18.4 Å². The van der Waals surface area contributed by atoms with Crippen molar-refractivity contribution in [3.63, 3.8) is 0 Å². The normalized spacial score (nSPS) is 11.0. The van der Waals surface area contributed by atoms with E-state index in [1.165, 1.54) is 6.92 Å². The fourth-order valence-electron chi connectivity index (χ4n) is 2.96. The highest BCUT2D eigenvalue weighted by Gasteiger charge is 2.13. The van der Waals surface area contributed by atoms with E-state index in [2.05, 4.69) is 15.6 Å². The molecule has 2 aromatic carbocycles. The van der Waals surface area contributed by atoms with Gasteiger partial charge in [-0.15, -0.1) is 0 Å². The van der Waals surface area contributed by atoms with Gasteiger partial charge in [-0.1, -0.05) is 24.3 Å². The van der Waals surface area contributed by atoms with E-state index in [1.807, 2.05) is 53.9 Å². The first kappa shape index (κ1) is 18.6. The third-order valence-electron chi connectivity index (χ3n) is 4.22. The van der Waals surface area contributed by atoms with Crippen LogP contribution in [0, 0.1) is 0 Å². The van der Waals surface area contributed by atoms with Gasteiger partial charge in [0.2, 0.25) is 11.8 Å². The van der Waals surface area contributed by atoms with E-state index in [9.17, 15) is 9.59 Å². The van der Waals surface area contributed by atoms with E-state index in [0.717, 1.165) is 16.9 Å². The highest BCUT2D eigenvalue weighted by Crippen LogP contribution is 2.21. The summed E-state index contributed by atoms with van der Waals surface area (Å²) in [5.41, 5.74) is 3.16. The molecule has 0 aliphatic heterocycles. The first-order valence-electron chi connectivity index (χ1n) is 8.69. The lowest BCUT2D eigenvalue weighted by atomic mass is 10.2. The Morgan fingerprint density at radius 1 is 1.04 bits per heavy atom. The molecule has 0 bridgehead atoms. The number of benzene rings is 2. The maximum Gasteiger partial charge on any atom is 0.238 e. The summed E-state index contributed by atoms with van der Waals surface area (Å²) in [7, 11) is 3.85. The van der Waals surface area contributed by atoms with Crippen LogP contribution >= 0.6 is 0 Å². The monoisotopic (exact) mass is 365 g/mol. The number of likely N-dealkylation sites (N-methyl/N-ethyl adjacent to an activating group) is 1. The Kier molecular flexibility index (Phi) is 5.52. The Morgan fingerprint density at radius 2 is 1.67 bits per heavy atom. The van der Waals surface area contributed by atoms with Gasteiger partial charge in [-0.3, -0.25) is 14.5 Å². The van der Waals surface area contributed by atoms with E-state index in [0.29, 0.717) is 17.9 Å².